The Labute approximate surface area is 223 Å². The van der Waals surface area contributed by atoms with Crippen molar-refractivity contribution in [2.75, 3.05) is 19.8 Å². The van der Waals surface area contributed by atoms with E-state index < -0.39 is 12.1 Å². The highest BCUT2D eigenvalue weighted by molar-refractivity contribution is 5.81. The molecule has 0 heterocycles. The molecular formula is C30H48N2O5. The molecule has 7 heteroatoms. The number of carboxylic acids is 1. The zero-order valence-corrected chi connectivity index (χ0v) is 22.9. The molecule has 0 radical (unpaired) electrons. The summed E-state index contributed by atoms with van der Waals surface area (Å²) in [5.41, 5.74) is 13.5. The molecule has 0 aromatic heterocycles. The van der Waals surface area contributed by atoms with E-state index in [2.05, 4.69) is 6.08 Å². The van der Waals surface area contributed by atoms with Crippen LogP contribution in [0.15, 0.2) is 35.9 Å². The average Bonchev–Trinajstić information content (AvgIpc) is 2.88. The Morgan fingerprint density at radius 2 is 1.73 bits per heavy atom. The topological polar surface area (TPSA) is 125 Å². The van der Waals surface area contributed by atoms with Crippen LogP contribution in [-0.4, -0.2) is 42.7 Å². The van der Waals surface area contributed by atoms with Crippen molar-refractivity contribution in [3.05, 3.63) is 41.5 Å². The number of hydrogen-bond donors (Lipinski definition) is 3. The Balaban J connectivity index is 0.000000410. The van der Waals surface area contributed by atoms with Gasteiger partial charge in [-0.05, 0) is 94.0 Å². The van der Waals surface area contributed by atoms with E-state index in [9.17, 15) is 9.59 Å². The van der Waals surface area contributed by atoms with Crippen molar-refractivity contribution in [1.82, 2.24) is 0 Å². The summed E-state index contributed by atoms with van der Waals surface area (Å²) in [7, 11) is 0. The number of benzene rings is 1. The number of rotatable bonds is 13. The first kappa shape index (κ1) is 31.0. The third-order valence-corrected chi connectivity index (χ3v) is 7.43. The third kappa shape index (κ3) is 11.4. The molecule has 0 aliphatic heterocycles. The van der Waals surface area contributed by atoms with E-state index in [0.29, 0.717) is 25.2 Å². The van der Waals surface area contributed by atoms with E-state index in [0.717, 1.165) is 37.0 Å². The van der Waals surface area contributed by atoms with Crippen LogP contribution in [0.2, 0.25) is 0 Å². The molecule has 1 fully saturated rings. The van der Waals surface area contributed by atoms with Gasteiger partial charge in [0.1, 0.15) is 18.1 Å². The number of ketones is 1. The first-order valence-corrected chi connectivity index (χ1v) is 14.0. The third-order valence-electron chi connectivity index (χ3n) is 7.43. The fourth-order valence-electron chi connectivity index (χ4n) is 5.31. The predicted octanol–water partition coefficient (Wildman–Crippen LogP) is 5.71. The number of hydrogen-bond acceptors (Lipinski definition) is 6. The number of aliphatic carboxylic acids is 1. The van der Waals surface area contributed by atoms with Gasteiger partial charge in [-0.3, -0.25) is 9.59 Å². The van der Waals surface area contributed by atoms with Gasteiger partial charge >= 0.3 is 5.97 Å². The average molecular weight is 517 g/mol. The highest BCUT2D eigenvalue weighted by Gasteiger charge is 2.32. The van der Waals surface area contributed by atoms with Crippen molar-refractivity contribution in [1.29, 1.82) is 0 Å². The molecule has 1 saturated carbocycles. The molecule has 2 aliphatic rings. The van der Waals surface area contributed by atoms with E-state index in [1.54, 1.807) is 0 Å². The van der Waals surface area contributed by atoms with Gasteiger partial charge in [0.15, 0.2) is 0 Å². The lowest BCUT2D eigenvalue weighted by Gasteiger charge is -2.38. The molecule has 1 unspecified atom stereocenters. The van der Waals surface area contributed by atoms with Gasteiger partial charge < -0.3 is 26.0 Å². The second-order valence-electron chi connectivity index (χ2n) is 10.5. The molecule has 3 rings (SSSR count). The van der Waals surface area contributed by atoms with E-state index in [-0.39, 0.29) is 18.2 Å². The number of carbonyl (C=O) groups excluding carboxylic acids is 1. The van der Waals surface area contributed by atoms with Crippen molar-refractivity contribution < 1.29 is 24.2 Å². The number of allylic oxidation sites excluding steroid dienone is 1. The largest absolute Gasteiger partial charge is 0.489 e. The zero-order valence-electron chi connectivity index (χ0n) is 22.9. The predicted molar refractivity (Wildman–Crippen MR) is 148 cm³/mol. The normalized spacial score (nSPS) is 18.2. The zero-order chi connectivity index (χ0) is 27.1. The summed E-state index contributed by atoms with van der Waals surface area (Å²) >= 11 is 0. The van der Waals surface area contributed by atoms with Gasteiger partial charge in [0, 0.05) is 6.61 Å². The lowest BCUT2D eigenvalue weighted by atomic mass is 9.67. The Morgan fingerprint density at radius 3 is 2.32 bits per heavy atom. The highest BCUT2D eigenvalue weighted by Crippen LogP contribution is 2.45. The van der Waals surface area contributed by atoms with Gasteiger partial charge in [-0.15, -0.1) is 0 Å². The molecule has 1 aromatic carbocycles. The molecule has 5 N–H and O–H groups in total. The standard InChI is InChI=1S/C23H32O4.C7H16N2O/c1-2-26-21(15-22(24)25)19-8-10-20(11-9-19)27-17-18-7-6-14-23(16-18)12-4-3-5-13-23;1-6(10)7(9)4-2-3-5-8/h8-11,16,21H,2-7,12-15,17H2,1H3,(H,24,25);7H,2-5,8-9H2,1H3/t;7-/m.0/s1. The monoisotopic (exact) mass is 516 g/mol. The van der Waals surface area contributed by atoms with Crippen molar-refractivity contribution >= 4 is 11.8 Å². The van der Waals surface area contributed by atoms with Crippen LogP contribution in [0, 0.1) is 5.41 Å². The van der Waals surface area contributed by atoms with Crippen molar-refractivity contribution in [2.24, 2.45) is 16.9 Å². The highest BCUT2D eigenvalue weighted by atomic mass is 16.5. The summed E-state index contributed by atoms with van der Waals surface area (Å²) < 4.78 is 11.6. The molecule has 1 aromatic rings. The van der Waals surface area contributed by atoms with E-state index in [1.807, 2.05) is 31.2 Å². The van der Waals surface area contributed by atoms with Gasteiger partial charge in [0.2, 0.25) is 0 Å². The summed E-state index contributed by atoms with van der Waals surface area (Å²) in [5, 5.41) is 9.05. The van der Waals surface area contributed by atoms with Gasteiger partial charge in [-0.2, -0.15) is 0 Å². The smallest absolute Gasteiger partial charge is 0.306 e. The van der Waals surface area contributed by atoms with Gasteiger partial charge in [-0.1, -0.05) is 43.9 Å². The van der Waals surface area contributed by atoms with Gasteiger partial charge in [-0.25, -0.2) is 0 Å². The molecule has 0 bridgehead atoms. The van der Waals surface area contributed by atoms with Crippen LogP contribution in [0.5, 0.6) is 5.75 Å². The van der Waals surface area contributed by atoms with Crippen LogP contribution in [0.1, 0.15) is 103 Å². The molecule has 2 atom stereocenters. The summed E-state index contributed by atoms with van der Waals surface area (Å²) in [5.74, 6) is 0.0418. The summed E-state index contributed by atoms with van der Waals surface area (Å²) in [6, 6.07) is 7.39. The molecule has 7 nitrogen and oxygen atoms in total. The summed E-state index contributed by atoms with van der Waals surface area (Å²) in [4.78, 5) is 21.6. The minimum atomic E-state index is -0.852. The maximum absolute atomic E-state index is 11.0. The number of unbranched alkanes of at least 4 members (excludes halogenated alkanes) is 1. The molecule has 1 spiro atoms. The van der Waals surface area contributed by atoms with Crippen LogP contribution >= 0.6 is 0 Å². The van der Waals surface area contributed by atoms with Gasteiger partial charge in [0.05, 0.1) is 18.6 Å². The molecule has 37 heavy (non-hydrogen) atoms. The number of nitrogens with two attached hydrogens (primary N) is 2. The quantitative estimate of drug-likeness (QED) is 0.226. The van der Waals surface area contributed by atoms with Crippen LogP contribution in [-0.2, 0) is 14.3 Å². The van der Waals surface area contributed by atoms with Crippen molar-refractivity contribution in [2.45, 2.75) is 103 Å². The number of ether oxygens (including phenoxy) is 2. The van der Waals surface area contributed by atoms with Gasteiger partial charge in [0.25, 0.3) is 0 Å². The fourth-order valence-corrected chi connectivity index (χ4v) is 5.31. The minimum absolute atomic E-state index is 0.0248. The molecule has 0 saturated heterocycles. The fraction of sp³-hybridized carbons (Fsp3) is 0.667. The SMILES string of the molecule is CC(=O)[C@@H](N)CCCCN.CCOC(CC(=O)O)c1ccc(OCC2=CC3(CCCCC3)CCC2)cc1. The number of carbonyl (C=O) groups is 2. The second-order valence-corrected chi connectivity index (χ2v) is 10.5. The van der Waals surface area contributed by atoms with Crippen LogP contribution < -0.4 is 16.2 Å². The Kier molecular flexibility index (Phi) is 13.9. The van der Waals surface area contributed by atoms with Crippen LogP contribution in [0.25, 0.3) is 0 Å². The maximum atomic E-state index is 11.0. The number of carboxylic acid groups (broad SMARTS) is 1. The van der Waals surface area contributed by atoms with Crippen molar-refractivity contribution in [3.63, 3.8) is 0 Å². The lowest BCUT2D eigenvalue weighted by molar-refractivity contribution is -0.140. The summed E-state index contributed by atoms with van der Waals surface area (Å²) in [6.07, 6.45) is 15.3. The first-order valence-electron chi connectivity index (χ1n) is 14.0. The lowest BCUT2D eigenvalue weighted by Crippen LogP contribution is -2.28. The van der Waals surface area contributed by atoms with Crippen molar-refractivity contribution in [3.8, 4) is 5.75 Å². The van der Waals surface area contributed by atoms with Crippen LogP contribution in [0.3, 0.4) is 0 Å². The number of Topliss-reactive ketones (excluding diaryl/α,β-unsaturated/α-hetero) is 1. The van der Waals surface area contributed by atoms with E-state index >= 15 is 0 Å². The minimum Gasteiger partial charge on any atom is -0.489 e. The molecule has 2 aliphatic carbocycles. The van der Waals surface area contributed by atoms with Crippen LogP contribution in [0.4, 0.5) is 0 Å². The first-order chi connectivity index (χ1) is 17.8. The van der Waals surface area contributed by atoms with E-state index in [4.69, 9.17) is 26.0 Å². The Morgan fingerprint density at radius 1 is 1.05 bits per heavy atom. The molecule has 0 amide bonds. The van der Waals surface area contributed by atoms with E-state index in [1.165, 1.54) is 57.4 Å². The maximum Gasteiger partial charge on any atom is 0.306 e. The Hall–Kier alpha value is -2.22. The Bertz CT molecular complexity index is 846. The molecule has 208 valence electrons. The second kappa shape index (κ2) is 16.6. The summed E-state index contributed by atoms with van der Waals surface area (Å²) in [6.45, 7) is 5.23. The molecular weight excluding hydrogens is 468 g/mol.